The molecule has 5 heteroatoms. The van der Waals surface area contributed by atoms with Gasteiger partial charge in [0.15, 0.2) is 9.19 Å². The van der Waals surface area contributed by atoms with Crippen LogP contribution in [0.5, 0.6) is 0 Å². The lowest BCUT2D eigenvalue weighted by atomic mass is 11.3. The minimum atomic E-state index is 0.00868. The molecule has 0 saturated heterocycles. The molecule has 0 unspecified atom stereocenters. The van der Waals surface area contributed by atoms with Gasteiger partial charge in [0, 0.05) is 0 Å². The summed E-state index contributed by atoms with van der Waals surface area (Å²) in [6, 6.07) is 0. The maximum atomic E-state index is 5.11. The van der Waals surface area contributed by atoms with Crippen LogP contribution < -0.4 is 5.73 Å². The van der Waals surface area contributed by atoms with E-state index in [-0.39, 0.29) is 9.19 Å². The van der Waals surface area contributed by atoms with E-state index in [1.807, 2.05) is 0 Å². The zero-order valence-electron chi connectivity index (χ0n) is 3.19. The van der Waals surface area contributed by atoms with Crippen LogP contribution in [-0.4, -0.2) is 9.19 Å². The van der Waals surface area contributed by atoms with E-state index in [9.17, 15) is 0 Å². The quantitative estimate of drug-likeness (QED) is 0.210. The van der Waals surface area contributed by atoms with Crippen LogP contribution in [-0.2, 0) is 0 Å². The van der Waals surface area contributed by atoms with E-state index in [2.05, 4.69) is 33.1 Å². The lowest BCUT2D eigenvalue weighted by Gasteiger charge is -1.79. The number of hydrogen-bond donors (Lipinski definition) is 1. The molecule has 7 heavy (non-hydrogen) atoms. The van der Waals surface area contributed by atoms with Crippen LogP contribution in [0.25, 0.3) is 0 Å². The van der Waals surface area contributed by atoms with Crippen LogP contribution in [0.3, 0.4) is 0 Å². The Morgan fingerprint density at radius 1 is 1.86 bits per heavy atom. The van der Waals surface area contributed by atoms with Crippen molar-refractivity contribution in [3.05, 3.63) is 0 Å². The van der Waals surface area contributed by atoms with Gasteiger partial charge in [-0.3, -0.25) is 0 Å². The Labute approximate surface area is 59.9 Å². The molecule has 0 fully saturated rings. The maximum absolute atomic E-state index is 5.11. The standard InChI is InChI=1S/C2H2BrClN2S/c3-1(5)6-2(4)7/h(H2,5,6,7). The zero-order chi connectivity index (χ0) is 5.86. The molecule has 0 saturated carbocycles. The summed E-state index contributed by atoms with van der Waals surface area (Å²) in [4.78, 5) is 3.39. The highest BCUT2D eigenvalue weighted by Gasteiger charge is 1.82. The third-order valence-corrected chi connectivity index (χ3v) is 0.548. The minimum absolute atomic E-state index is 0.00868. The third-order valence-electron chi connectivity index (χ3n) is 0.195. The van der Waals surface area contributed by atoms with Gasteiger partial charge in [0.25, 0.3) is 0 Å². The molecule has 2 nitrogen and oxygen atoms in total. The van der Waals surface area contributed by atoms with Crippen LogP contribution in [0.2, 0.25) is 0 Å². The molecule has 0 heterocycles. The molecule has 0 rings (SSSR count). The summed E-state index contributed by atoms with van der Waals surface area (Å²) >= 11 is 12.3. The van der Waals surface area contributed by atoms with Gasteiger partial charge in [0.1, 0.15) is 0 Å². The summed E-state index contributed by atoms with van der Waals surface area (Å²) in [6.45, 7) is 0. The lowest BCUT2D eigenvalue weighted by molar-refractivity contribution is 1.72. The first-order valence-corrected chi connectivity index (χ1v) is 2.90. The summed E-state index contributed by atoms with van der Waals surface area (Å²) in [7, 11) is 0. The summed E-state index contributed by atoms with van der Waals surface area (Å²) < 4.78 is 0.210. The van der Waals surface area contributed by atoms with E-state index >= 15 is 0 Å². The highest BCUT2D eigenvalue weighted by Crippen LogP contribution is 1.88. The number of rotatable bonds is 0. The van der Waals surface area contributed by atoms with Crippen LogP contribution in [0, 0.1) is 0 Å². The van der Waals surface area contributed by atoms with Crippen molar-refractivity contribution in [3.8, 4) is 0 Å². The molecular weight excluding hydrogens is 199 g/mol. The molecule has 0 spiro atoms. The van der Waals surface area contributed by atoms with E-state index in [0.29, 0.717) is 0 Å². The van der Waals surface area contributed by atoms with Crippen LogP contribution in [0.15, 0.2) is 4.99 Å². The molecule has 40 valence electrons. The van der Waals surface area contributed by atoms with Gasteiger partial charge in [-0.25, -0.2) is 4.99 Å². The van der Waals surface area contributed by atoms with E-state index in [1.54, 1.807) is 0 Å². The number of hydrogen-bond acceptors (Lipinski definition) is 1. The summed E-state index contributed by atoms with van der Waals surface area (Å²) in [5.41, 5.74) is 4.99. The van der Waals surface area contributed by atoms with E-state index in [4.69, 9.17) is 17.3 Å². The molecule has 0 aromatic carbocycles. The highest BCUT2D eigenvalue weighted by molar-refractivity contribution is 9.18. The Bertz CT molecular complexity index is 108. The molecule has 0 radical (unpaired) electrons. The summed E-state index contributed by atoms with van der Waals surface area (Å²) in [5.74, 6) is 0. The fraction of sp³-hybridized carbons (Fsp3) is 0. The number of amidine groups is 1. The Kier molecular flexibility index (Phi) is 3.50. The van der Waals surface area contributed by atoms with Gasteiger partial charge < -0.3 is 5.73 Å². The number of aliphatic imine (C=N–C) groups is 1. The average molecular weight is 201 g/mol. The first-order valence-electron chi connectivity index (χ1n) is 1.32. The van der Waals surface area contributed by atoms with Crippen molar-refractivity contribution < 1.29 is 0 Å². The largest absolute Gasteiger partial charge is 0.378 e. The van der Waals surface area contributed by atoms with Gasteiger partial charge in [-0.1, -0.05) is 0 Å². The van der Waals surface area contributed by atoms with Crippen LogP contribution in [0.1, 0.15) is 0 Å². The van der Waals surface area contributed by atoms with Crippen molar-refractivity contribution in [3.63, 3.8) is 0 Å². The molecule has 0 aromatic heterocycles. The SMILES string of the molecule is NC(Br)=NC(=S)Cl. The number of halogens is 2. The predicted molar refractivity (Wildman–Crippen MR) is 39.0 cm³/mol. The average Bonchev–Trinajstić information content (AvgIpc) is 1.27. The van der Waals surface area contributed by atoms with Crippen molar-refractivity contribution >= 4 is 48.9 Å². The molecule has 0 aromatic rings. The summed E-state index contributed by atoms with van der Waals surface area (Å²) in [6.07, 6.45) is 0. The second-order valence-electron chi connectivity index (χ2n) is 0.687. The molecular formula is C2H2BrClN2S. The topological polar surface area (TPSA) is 38.4 Å². The fourth-order valence-electron chi connectivity index (χ4n) is 0.0840. The fourth-order valence-corrected chi connectivity index (χ4v) is 0.670. The molecule has 0 aliphatic carbocycles. The zero-order valence-corrected chi connectivity index (χ0v) is 6.35. The number of nitrogens with zero attached hydrogens (tertiary/aromatic N) is 1. The van der Waals surface area contributed by atoms with E-state index < -0.39 is 0 Å². The molecule has 0 atom stereocenters. The molecule has 0 aliphatic rings. The Hall–Kier alpha value is 0.330. The maximum Gasteiger partial charge on any atom is 0.195 e. The van der Waals surface area contributed by atoms with Crippen molar-refractivity contribution in [1.82, 2.24) is 0 Å². The van der Waals surface area contributed by atoms with Crippen molar-refractivity contribution in [2.45, 2.75) is 0 Å². The first kappa shape index (κ1) is 7.33. The molecule has 0 amide bonds. The van der Waals surface area contributed by atoms with Gasteiger partial charge in [0.2, 0.25) is 0 Å². The van der Waals surface area contributed by atoms with Crippen LogP contribution >= 0.6 is 39.7 Å². The normalized spacial score (nSPS) is 11.4. The lowest BCUT2D eigenvalue weighted by Crippen LogP contribution is -2.01. The van der Waals surface area contributed by atoms with Crippen molar-refractivity contribution in [2.24, 2.45) is 10.7 Å². The Morgan fingerprint density at radius 2 is 2.29 bits per heavy atom. The Morgan fingerprint density at radius 3 is 2.29 bits per heavy atom. The van der Waals surface area contributed by atoms with E-state index in [1.165, 1.54) is 0 Å². The van der Waals surface area contributed by atoms with Crippen molar-refractivity contribution in [1.29, 1.82) is 0 Å². The predicted octanol–water partition coefficient (Wildman–Crippen LogP) is 1.22. The summed E-state index contributed by atoms with van der Waals surface area (Å²) in [5, 5.41) is 0. The third kappa shape index (κ3) is 6.33. The van der Waals surface area contributed by atoms with Crippen molar-refractivity contribution in [2.75, 3.05) is 0 Å². The van der Waals surface area contributed by atoms with Crippen LogP contribution in [0.4, 0.5) is 0 Å². The smallest absolute Gasteiger partial charge is 0.195 e. The van der Waals surface area contributed by atoms with Gasteiger partial charge >= 0.3 is 0 Å². The second-order valence-corrected chi connectivity index (χ2v) is 2.47. The van der Waals surface area contributed by atoms with Gasteiger partial charge in [-0.05, 0) is 39.7 Å². The first-order chi connectivity index (χ1) is 3.13. The van der Waals surface area contributed by atoms with Gasteiger partial charge in [0.05, 0.1) is 0 Å². The number of thiocarbonyl (C=S) groups is 1. The molecule has 0 bridgehead atoms. The Balaban J connectivity index is 3.68. The monoisotopic (exact) mass is 200 g/mol. The molecule has 2 N–H and O–H groups in total. The number of nitrogens with two attached hydrogens (primary N) is 1. The second kappa shape index (κ2) is 3.35. The van der Waals surface area contributed by atoms with E-state index in [0.717, 1.165) is 0 Å². The van der Waals surface area contributed by atoms with Gasteiger partial charge in [-0.2, -0.15) is 0 Å². The van der Waals surface area contributed by atoms with Gasteiger partial charge in [-0.15, -0.1) is 0 Å². The highest BCUT2D eigenvalue weighted by atomic mass is 79.9. The minimum Gasteiger partial charge on any atom is -0.378 e. The molecule has 0 aliphatic heterocycles.